The monoisotopic (exact) mass is 477 g/mol. The van der Waals surface area contributed by atoms with Crippen LogP contribution in [0.2, 0.25) is 0 Å². The number of aromatic nitrogens is 2. The van der Waals surface area contributed by atoms with Crippen molar-refractivity contribution in [3.05, 3.63) is 65.2 Å². The van der Waals surface area contributed by atoms with Crippen LogP contribution in [-0.2, 0) is 17.9 Å². The number of carboxylic acids is 1. The minimum Gasteiger partial charge on any atom is -0.481 e. The normalized spacial score (nSPS) is 16.0. The van der Waals surface area contributed by atoms with E-state index in [0.717, 1.165) is 35.1 Å². The summed E-state index contributed by atoms with van der Waals surface area (Å²) in [5, 5.41) is 9.62. The van der Waals surface area contributed by atoms with Crippen LogP contribution >= 0.6 is 0 Å². The van der Waals surface area contributed by atoms with Crippen LogP contribution in [-0.4, -0.2) is 52.7 Å². The van der Waals surface area contributed by atoms with Gasteiger partial charge in [-0.05, 0) is 48.6 Å². The smallest absolute Gasteiger partial charge is 0.323 e. The van der Waals surface area contributed by atoms with Gasteiger partial charge in [0.2, 0.25) is 11.8 Å². The number of nitrogens with zero attached hydrogens (tertiary/aromatic N) is 3. The highest BCUT2D eigenvalue weighted by molar-refractivity contribution is 5.73. The molecule has 0 aliphatic carbocycles. The van der Waals surface area contributed by atoms with Gasteiger partial charge in [0.1, 0.15) is 12.6 Å². The number of likely N-dealkylation sites (tertiary alicyclic amines) is 1. The minimum absolute atomic E-state index is 0.139. The fourth-order valence-electron chi connectivity index (χ4n) is 4.54. The largest absolute Gasteiger partial charge is 0.481 e. The Labute approximate surface area is 205 Å². The average molecular weight is 478 g/mol. The summed E-state index contributed by atoms with van der Waals surface area (Å²) in [6.45, 7) is 3.36. The molecule has 1 N–H and O–H groups in total. The number of hydrogen-bond acceptors (Lipinski definition) is 7. The van der Waals surface area contributed by atoms with E-state index >= 15 is 0 Å². The van der Waals surface area contributed by atoms with Gasteiger partial charge in [-0.25, -0.2) is 0 Å². The molecule has 0 bridgehead atoms. The summed E-state index contributed by atoms with van der Waals surface area (Å²) in [7, 11) is 3.04. The van der Waals surface area contributed by atoms with E-state index in [-0.39, 0.29) is 12.6 Å². The molecule has 35 heavy (non-hydrogen) atoms. The third-order valence-electron chi connectivity index (χ3n) is 6.44. The van der Waals surface area contributed by atoms with Crippen molar-refractivity contribution in [1.29, 1.82) is 0 Å². The summed E-state index contributed by atoms with van der Waals surface area (Å²) in [5.41, 5.74) is 5.05. The Morgan fingerprint density at radius 3 is 2.40 bits per heavy atom. The summed E-state index contributed by atoms with van der Waals surface area (Å²) in [5.74, 6) is -0.191. The third kappa shape index (κ3) is 5.54. The predicted octanol–water partition coefficient (Wildman–Crippen LogP) is 4.49. The number of benzene rings is 2. The van der Waals surface area contributed by atoms with Gasteiger partial charge in [-0.3, -0.25) is 9.69 Å². The maximum absolute atomic E-state index is 11.7. The number of ether oxygens (including phenoxy) is 3. The molecule has 1 aromatic heterocycles. The molecule has 8 heteroatoms. The number of piperidine rings is 1. The van der Waals surface area contributed by atoms with E-state index in [1.807, 2.05) is 35.2 Å². The van der Waals surface area contributed by atoms with E-state index in [1.54, 1.807) is 0 Å². The molecule has 0 unspecified atom stereocenters. The van der Waals surface area contributed by atoms with Crippen molar-refractivity contribution in [2.45, 2.75) is 45.4 Å². The molecule has 3 aromatic rings. The third-order valence-corrected chi connectivity index (χ3v) is 6.44. The summed E-state index contributed by atoms with van der Waals surface area (Å²) in [6, 6.07) is 15.9. The van der Waals surface area contributed by atoms with Gasteiger partial charge < -0.3 is 19.3 Å². The average Bonchev–Trinajstić information content (AvgIpc) is 2.89. The highest BCUT2D eigenvalue weighted by Gasteiger charge is 2.31. The molecule has 1 atom stereocenters. The number of carboxylic acid groups (broad SMARTS) is 1. The second-order valence-electron chi connectivity index (χ2n) is 8.57. The first kappa shape index (κ1) is 24.5. The Morgan fingerprint density at radius 1 is 1.03 bits per heavy atom. The molecule has 2 aromatic carbocycles. The Bertz CT molecular complexity index is 1140. The first-order valence-corrected chi connectivity index (χ1v) is 11.7. The van der Waals surface area contributed by atoms with Crippen molar-refractivity contribution in [2.75, 3.05) is 20.8 Å². The van der Waals surface area contributed by atoms with Crippen LogP contribution in [0, 0.1) is 6.92 Å². The van der Waals surface area contributed by atoms with Gasteiger partial charge in [0, 0.05) is 6.54 Å². The quantitative estimate of drug-likeness (QED) is 0.482. The van der Waals surface area contributed by atoms with Gasteiger partial charge >= 0.3 is 12.0 Å². The molecular weight excluding hydrogens is 446 g/mol. The molecule has 0 radical (unpaired) electrons. The molecule has 1 saturated heterocycles. The fraction of sp³-hybridized carbons (Fsp3) is 0.370. The highest BCUT2D eigenvalue weighted by Crippen LogP contribution is 2.32. The molecule has 1 aliphatic rings. The maximum Gasteiger partial charge on any atom is 0.323 e. The van der Waals surface area contributed by atoms with Crippen LogP contribution in [0.4, 0.5) is 0 Å². The topological polar surface area (TPSA) is 94.0 Å². The summed E-state index contributed by atoms with van der Waals surface area (Å²) in [4.78, 5) is 22.5. The first-order valence-electron chi connectivity index (χ1n) is 11.7. The van der Waals surface area contributed by atoms with Crippen LogP contribution in [0.3, 0.4) is 0 Å². The predicted molar refractivity (Wildman–Crippen MR) is 132 cm³/mol. The van der Waals surface area contributed by atoms with E-state index in [2.05, 4.69) is 35.1 Å². The van der Waals surface area contributed by atoms with Crippen molar-refractivity contribution in [3.8, 4) is 28.9 Å². The summed E-state index contributed by atoms with van der Waals surface area (Å²) >= 11 is 0. The van der Waals surface area contributed by atoms with Gasteiger partial charge in [0.15, 0.2) is 0 Å². The number of methoxy groups -OCH3 is 2. The Balaban J connectivity index is 1.55. The van der Waals surface area contributed by atoms with Gasteiger partial charge in [-0.2, -0.15) is 9.97 Å². The van der Waals surface area contributed by atoms with E-state index in [4.69, 9.17) is 14.2 Å². The van der Waals surface area contributed by atoms with Crippen molar-refractivity contribution >= 4 is 5.97 Å². The summed E-state index contributed by atoms with van der Waals surface area (Å²) < 4.78 is 17.0. The number of rotatable bonds is 9. The van der Waals surface area contributed by atoms with Gasteiger partial charge in [-0.1, -0.05) is 55.0 Å². The van der Waals surface area contributed by atoms with Crippen molar-refractivity contribution in [1.82, 2.24) is 14.9 Å². The molecule has 184 valence electrons. The van der Waals surface area contributed by atoms with Crippen LogP contribution in [0.15, 0.2) is 48.5 Å². The zero-order valence-corrected chi connectivity index (χ0v) is 20.4. The SMILES string of the molecule is COc1nc(OCc2cccc(-c3ccccc3)c2C)nc(OC)c1CN1CCCC[C@H]1C(=O)O. The van der Waals surface area contributed by atoms with Crippen LogP contribution in [0.1, 0.15) is 36.0 Å². The maximum atomic E-state index is 11.7. The lowest BCUT2D eigenvalue weighted by Crippen LogP contribution is -2.44. The van der Waals surface area contributed by atoms with Crippen LogP contribution in [0.25, 0.3) is 11.1 Å². The zero-order valence-electron chi connectivity index (χ0n) is 20.4. The Kier molecular flexibility index (Phi) is 7.82. The van der Waals surface area contributed by atoms with Crippen LogP contribution in [0.5, 0.6) is 17.8 Å². The zero-order chi connectivity index (χ0) is 24.8. The number of carbonyl (C=O) groups is 1. The Hall–Kier alpha value is -3.65. The lowest BCUT2D eigenvalue weighted by Gasteiger charge is -2.33. The van der Waals surface area contributed by atoms with E-state index in [0.29, 0.717) is 36.8 Å². The van der Waals surface area contributed by atoms with Crippen molar-refractivity contribution in [2.24, 2.45) is 0 Å². The molecule has 4 rings (SSSR count). The second kappa shape index (κ2) is 11.2. The van der Waals surface area contributed by atoms with E-state index in [9.17, 15) is 9.90 Å². The van der Waals surface area contributed by atoms with Gasteiger partial charge in [-0.15, -0.1) is 0 Å². The van der Waals surface area contributed by atoms with E-state index in [1.165, 1.54) is 14.2 Å². The molecule has 0 amide bonds. The van der Waals surface area contributed by atoms with Gasteiger partial charge in [0.25, 0.3) is 0 Å². The Morgan fingerprint density at radius 2 is 1.74 bits per heavy atom. The first-order chi connectivity index (χ1) is 17.0. The number of hydrogen-bond donors (Lipinski definition) is 1. The molecule has 1 fully saturated rings. The lowest BCUT2D eigenvalue weighted by molar-refractivity contribution is -0.144. The van der Waals surface area contributed by atoms with Crippen LogP contribution < -0.4 is 14.2 Å². The fourth-order valence-corrected chi connectivity index (χ4v) is 4.54. The number of aliphatic carboxylic acids is 1. The standard InChI is InChI=1S/C27H31N3O5/c1-18-20(12-9-13-21(18)19-10-5-4-6-11-19)17-35-27-28-24(33-2)22(25(29-27)34-3)16-30-15-8-7-14-23(30)26(31)32/h4-6,9-13,23H,7-8,14-17H2,1-3H3,(H,31,32)/t23-/m0/s1. The molecule has 0 saturated carbocycles. The molecule has 2 heterocycles. The molecule has 1 aliphatic heterocycles. The van der Waals surface area contributed by atoms with Gasteiger partial charge in [0.05, 0.1) is 19.8 Å². The van der Waals surface area contributed by atoms with Crippen molar-refractivity contribution in [3.63, 3.8) is 0 Å². The lowest BCUT2D eigenvalue weighted by atomic mass is 9.97. The van der Waals surface area contributed by atoms with Crippen molar-refractivity contribution < 1.29 is 24.1 Å². The second-order valence-corrected chi connectivity index (χ2v) is 8.57. The molecular formula is C27H31N3O5. The van der Waals surface area contributed by atoms with E-state index < -0.39 is 12.0 Å². The minimum atomic E-state index is -0.823. The molecule has 8 nitrogen and oxygen atoms in total. The highest BCUT2D eigenvalue weighted by atomic mass is 16.5. The molecule has 0 spiro atoms. The summed E-state index contributed by atoms with van der Waals surface area (Å²) in [6.07, 6.45) is 2.46.